The quantitative estimate of drug-likeness (QED) is 0.284. The smallest absolute Gasteiger partial charge is 0.270 e. The molecule has 11 heteroatoms. The number of anilines is 1. The lowest BCUT2D eigenvalue weighted by Crippen LogP contribution is -2.46. The molecule has 0 aromatic heterocycles. The van der Waals surface area contributed by atoms with E-state index in [1.807, 2.05) is 0 Å². The summed E-state index contributed by atoms with van der Waals surface area (Å²) in [5.41, 5.74) is -0.0131. The van der Waals surface area contributed by atoms with Crippen LogP contribution in [-0.4, -0.2) is 45.8 Å². The number of non-ortho nitro benzene ring substituents is 1. The first-order valence-corrected chi connectivity index (χ1v) is 10.7. The van der Waals surface area contributed by atoms with E-state index in [2.05, 4.69) is 5.10 Å². The number of allylic oxidation sites excluding steroid dienone is 1. The second-order valence-corrected chi connectivity index (χ2v) is 8.64. The molecule has 2 fully saturated rings. The highest BCUT2D eigenvalue weighted by Crippen LogP contribution is 2.47. The maximum atomic E-state index is 13.6. The van der Waals surface area contributed by atoms with Gasteiger partial charge in [-0.25, -0.2) is 4.90 Å². The molecule has 4 atom stereocenters. The lowest BCUT2D eigenvalue weighted by Gasteiger charge is -2.30. The molecule has 3 heterocycles. The SMILES string of the molecule is O=C(c1cccc([N+](=O)[O-])c1)[C@@H]1[C@H]2C(=O)N(c3ccc(Cl)cc3Cl)C(=O)[C@@H]2[C@H]2C=CC=NN21. The Balaban J connectivity index is 1.59. The summed E-state index contributed by atoms with van der Waals surface area (Å²) < 4.78 is 0. The monoisotopic (exact) mass is 484 g/mol. The Morgan fingerprint density at radius 1 is 1.06 bits per heavy atom. The molecule has 2 saturated heterocycles. The summed E-state index contributed by atoms with van der Waals surface area (Å²) in [6.45, 7) is 0. The number of hydrazone groups is 1. The van der Waals surface area contributed by atoms with Crippen molar-refractivity contribution in [2.24, 2.45) is 16.9 Å². The van der Waals surface area contributed by atoms with Crippen LogP contribution in [0.1, 0.15) is 10.4 Å². The van der Waals surface area contributed by atoms with Crippen molar-refractivity contribution in [1.82, 2.24) is 5.01 Å². The molecule has 0 bridgehead atoms. The Bertz CT molecular complexity index is 1290. The van der Waals surface area contributed by atoms with E-state index in [1.54, 1.807) is 12.2 Å². The number of hydrogen-bond donors (Lipinski definition) is 0. The van der Waals surface area contributed by atoms with E-state index in [4.69, 9.17) is 23.2 Å². The topological polar surface area (TPSA) is 113 Å². The highest BCUT2D eigenvalue weighted by Gasteiger charge is 2.64. The van der Waals surface area contributed by atoms with Crippen molar-refractivity contribution in [1.29, 1.82) is 0 Å². The Hall–Kier alpha value is -3.56. The molecule has 0 N–H and O–H groups in total. The fraction of sp³-hybridized carbons (Fsp3) is 0.182. The standard InChI is InChI=1S/C22H14Cl2N4O5/c23-12-6-7-15(14(24)10-12)26-21(30)17-16-5-2-8-25-27(16)19(18(17)22(26)31)20(29)11-3-1-4-13(9-11)28(32)33/h1-10,16-19H/t16-,17-,18+,19+/m1/s1. The van der Waals surface area contributed by atoms with Gasteiger partial charge in [-0.2, -0.15) is 5.10 Å². The molecule has 3 aliphatic rings. The fourth-order valence-corrected chi connectivity index (χ4v) is 5.17. The van der Waals surface area contributed by atoms with Crippen LogP contribution >= 0.6 is 23.2 Å². The highest BCUT2D eigenvalue weighted by molar-refractivity contribution is 6.38. The number of carbonyl (C=O) groups is 3. The van der Waals surface area contributed by atoms with E-state index < -0.39 is 46.4 Å². The van der Waals surface area contributed by atoms with Crippen molar-refractivity contribution >= 4 is 58.4 Å². The number of Topliss-reactive ketones (excluding diaryl/α,β-unsaturated/α-hetero) is 1. The van der Waals surface area contributed by atoms with Gasteiger partial charge in [0.2, 0.25) is 11.8 Å². The third-order valence-corrected chi connectivity index (χ3v) is 6.59. The maximum Gasteiger partial charge on any atom is 0.270 e. The van der Waals surface area contributed by atoms with Gasteiger partial charge in [0.25, 0.3) is 5.69 Å². The molecule has 0 radical (unpaired) electrons. The fourth-order valence-electron chi connectivity index (χ4n) is 4.68. The van der Waals surface area contributed by atoms with Crippen molar-refractivity contribution in [3.63, 3.8) is 0 Å². The van der Waals surface area contributed by atoms with E-state index in [9.17, 15) is 24.5 Å². The molecular formula is C22H14Cl2N4O5. The van der Waals surface area contributed by atoms with E-state index in [-0.39, 0.29) is 22.0 Å². The Labute approximate surface area is 197 Å². The van der Waals surface area contributed by atoms with Crippen LogP contribution in [0.3, 0.4) is 0 Å². The number of nitro benzene ring substituents is 1. The number of halogens is 2. The lowest BCUT2D eigenvalue weighted by atomic mass is 9.86. The normalized spacial score (nSPS) is 25.4. The predicted molar refractivity (Wildman–Crippen MR) is 120 cm³/mol. The number of benzene rings is 2. The van der Waals surface area contributed by atoms with E-state index in [0.29, 0.717) is 5.02 Å². The van der Waals surface area contributed by atoms with Crippen LogP contribution in [0.5, 0.6) is 0 Å². The zero-order valence-electron chi connectivity index (χ0n) is 16.7. The molecular weight excluding hydrogens is 471 g/mol. The van der Waals surface area contributed by atoms with Gasteiger partial charge in [0.1, 0.15) is 6.04 Å². The zero-order chi connectivity index (χ0) is 23.4. The van der Waals surface area contributed by atoms with Gasteiger partial charge in [-0.05, 0) is 24.3 Å². The number of amides is 2. The minimum absolute atomic E-state index is 0.0570. The predicted octanol–water partition coefficient (Wildman–Crippen LogP) is 3.50. The van der Waals surface area contributed by atoms with Gasteiger partial charge in [0.05, 0.1) is 33.5 Å². The van der Waals surface area contributed by atoms with Crippen molar-refractivity contribution < 1.29 is 19.3 Å². The van der Waals surface area contributed by atoms with Crippen LogP contribution in [0.2, 0.25) is 10.0 Å². The van der Waals surface area contributed by atoms with Crippen LogP contribution in [0.4, 0.5) is 11.4 Å². The summed E-state index contributed by atoms with van der Waals surface area (Å²) in [4.78, 5) is 52.1. The molecule has 2 amide bonds. The molecule has 0 spiro atoms. The highest BCUT2D eigenvalue weighted by atomic mass is 35.5. The second-order valence-electron chi connectivity index (χ2n) is 7.80. The molecule has 0 aliphatic carbocycles. The third kappa shape index (κ3) is 3.23. The number of nitrogens with zero attached hydrogens (tertiary/aromatic N) is 4. The second kappa shape index (κ2) is 7.79. The molecule has 2 aromatic carbocycles. The number of imide groups is 1. The molecule has 0 saturated carbocycles. The van der Waals surface area contributed by atoms with Crippen LogP contribution in [0.25, 0.3) is 0 Å². The minimum atomic E-state index is -1.12. The van der Waals surface area contributed by atoms with Crippen molar-refractivity contribution in [2.45, 2.75) is 12.1 Å². The van der Waals surface area contributed by atoms with Crippen LogP contribution in [0.15, 0.2) is 59.7 Å². The van der Waals surface area contributed by atoms with Crippen LogP contribution < -0.4 is 4.90 Å². The van der Waals surface area contributed by atoms with Gasteiger partial charge >= 0.3 is 0 Å². The number of ketones is 1. The maximum absolute atomic E-state index is 13.6. The van der Waals surface area contributed by atoms with Gasteiger partial charge in [0.15, 0.2) is 5.78 Å². The number of nitro groups is 1. The molecule has 3 aliphatic heterocycles. The first-order valence-electron chi connectivity index (χ1n) is 9.90. The van der Waals surface area contributed by atoms with Crippen LogP contribution in [-0.2, 0) is 9.59 Å². The third-order valence-electron chi connectivity index (χ3n) is 6.05. The van der Waals surface area contributed by atoms with Gasteiger partial charge in [0, 0.05) is 28.9 Å². The number of carbonyl (C=O) groups excluding carboxylic acids is 3. The number of rotatable bonds is 4. The van der Waals surface area contributed by atoms with Gasteiger partial charge < -0.3 is 0 Å². The summed E-state index contributed by atoms with van der Waals surface area (Å²) in [6.07, 6.45) is 4.83. The van der Waals surface area contributed by atoms with E-state index >= 15 is 0 Å². The summed E-state index contributed by atoms with van der Waals surface area (Å²) in [5.74, 6) is -3.53. The van der Waals surface area contributed by atoms with Crippen LogP contribution in [0, 0.1) is 22.0 Å². The Morgan fingerprint density at radius 2 is 1.82 bits per heavy atom. The van der Waals surface area contributed by atoms with E-state index in [0.717, 1.165) is 11.0 Å². The van der Waals surface area contributed by atoms with Crippen molar-refractivity contribution in [2.75, 3.05) is 4.90 Å². The molecule has 9 nitrogen and oxygen atoms in total. The largest absolute Gasteiger partial charge is 0.292 e. The molecule has 0 unspecified atom stereocenters. The molecule has 2 aromatic rings. The minimum Gasteiger partial charge on any atom is -0.292 e. The van der Waals surface area contributed by atoms with Crippen molar-refractivity contribution in [3.8, 4) is 0 Å². The first-order chi connectivity index (χ1) is 15.8. The summed E-state index contributed by atoms with van der Waals surface area (Å²) >= 11 is 12.2. The average Bonchev–Trinajstić information content (AvgIpc) is 3.27. The van der Waals surface area contributed by atoms with E-state index in [1.165, 1.54) is 47.6 Å². The van der Waals surface area contributed by atoms with Crippen molar-refractivity contribution in [3.05, 3.63) is 80.3 Å². The first kappa shape index (κ1) is 21.3. The summed E-state index contributed by atoms with van der Waals surface area (Å²) in [7, 11) is 0. The summed E-state index contributed by atoms with van der Waals surface area (Å²) in [6, 6.07) is 7.95. The lowest BCUT2D eigenvalue weighted by molar-refractivity contribution is -0.384. The molecule has 166 valence electrons. The zero-order valence-corrected chi connectivity index (χ0v) is 18.2. The average molecular weight is 485 g/mol. The van der Waals surface area contributed by atoms with Gasteiger partial charge in [-0.1, -0.05) is 41.4 Å². The molecule has 33 heavy (non-hydrogen) atoms. The Kier molecular flexibility index (Phi) is 5.02. The number of hydrogen-bond acceptors (Lipinski definition) is 7. The summed E-state index contributed by atoms with van der Waals surface area (Å²) in [5, 5.41) is 17.3. The number of fused-ring (bicyclic) bond motifs is 3. The van der Waals surface area contributed by atoms with Gasteiger partial charge in [-0.3, -0.25) is 29.5 Å². The van der Waals surface area contributed by atoms with Gasteiger partial charge in [-0.15, -0.1) is 0 Å². The molecule has 5 rings (SSSR count). The Morgan fingerprint density at radius 3 is 2.55 bits per heavy atom.